The Kier molecular flexibility index (Phi) is 4.73. The van der Waals surface area contributed by atoms with Crippen molar-refractivity contribution >= 4 is 47.3 Å². The van der Waals surface area contributed by atoms with E-state index in [9.17, 15) is 13.2 Å². The standard InChI is InChI=1S/C12H13BrClNO4S/c1-7-2-4-10(19-7)12(16)15-8-3-5-11(9(13)6-8)20(14,17)18/h3,5-7,10H,2,4H2,1H3,(H,15,16). The minimum absolute atomic E-state index is 0.0390. The predicted molar refractivity (Wildman–Crippen MR) is 79.4 cm³/mol. The average Bonchev–Trinajstić information content (AvgIpc) is 2.74. The van der Waals surface area contributed by atoms with E-state index in [0.29, 0.717) is 16.6 Å². The van der Waals surface area contributed by atoms with Crippen LogP contribution in [0.25, 0.3) is 0 Å². The maximum atomic E-state index is 12.0. The Balaban J connectivity index is 2.11. The minimum atomic E-state index is -3.81. The summed E-state index contributed by atoms with van der Waals surface area (Å²) in [5, 5.41) is 2.69. The molecule has 1 fully saturated rings. The number of amides is 1. The number of halogens is 2. The van der Waals surface area contributed by atoms with Crippen molar-refractivity contribution in [2.75, 3.05) is 5.32 Å². The smallest absolute Gasteiger partial charge is 0.262 e. The monoisotopic (exact) mass is 381 g/mol. The number of nitrogens with one attached hydrogen (secondary N) is 1. The van der Waals surface area contributed by atoms with Gasteiger partial charge in [-0.1, -0.05) is 0 Å². The second kappa shape index (κ2) is 6.01. The predicted octanol–water partition coefficient (Wildman–Crippen LogP) is 2.88. The third kappa shape index (κ3) is 3.72. The van der Waals surface area contributed by atoms with Crippen LogP contribution in [-0.4, -0.2) is 26.5 Å². The van der Waals surface area contributed by atoms with Crippen LogP contribution >= 0.6 is 26.6 Å². The van der Waals surface area contributed by atoms with Crippen LogP contribution in [0, 0.1) is 0 Å². The Hall–Kier alpha value is -0.630. The van der Waals surface area contributed by atoms with E-state index in [-0.39, 0.29) is 16.9 Å². The molecular weight excluding hydrogens is 370 g/mol. The van der Waals surface area contributed by atoms with E-state index < -0.39 is 15.2 Å². The highest BCUT2D eigenvalue weighted by molar-refractivity contribution is 9.10. The molecule has 1 heterocycles. The van der Waals surface area contributed by atoms with E-state index in [1.54, 1.807) is 0 Å². The van der Waals surface area contributed by atoms with Crippen LogP contribution in [0.15, 0.2) is 27.6 Å². The van der Waals surface area contributed by atoms with E-state index in [0.717, 1.165) is 6.42 Å². The van der Waals surface area contributed by atoms with Gasteiger partial charge in [0.15, 0.2) is 0 Å². The Morgan fingerprint density at radius 2 is 2.15 bits per heavy atom. The summed E-state index contributed by atoms with van der Waals surface area (Å²) in [6, 6.07) is 4.31. The van der Waals surface area contributed by atoms with Gasteiger partial charge in [-0.15, -0.1) is 0 Å². The molecular formula is C12H13BrClNO4S. The van der Waals surface area contributed by atoms with Crippen LogP contribution in [0.2, 0.25) is 0 Å². The van der Waals surface area contributed by atoms with Gasteiger partial charge in [0.1, 0.15) is 6.10 Å². The molecule has 1 aliphatic heterocycles. The second-order valence-electron chi connectivity index (χ2n) is 4.58. The number of carbonyl (C=O) groups excluding carboxylic acids is 1. The highest BCUT2D eigenvalue weighted by Crippen LogP contribution is 2.28. The van der Waals surface area contributed by atoms with Gasteiger partial charge in [0, 0.05) is 20.8 Å². The molecule has 0 saturated carbocycles. The number of carbonyl (C=O) groups is 1. The summed E-state index contributed by atoms with van der Waals surface area (Å²) in [7, 11) is 1.46. The molecule has 1 amide bonds. The summed E-state index contributed by atoms with van der Waals surface area (Å²) >= 11 is 3.12. The molecule has 1 N–H and O–H groups in total. The Morgan fingerprint density at radius 3 is 2.65 bits per heavy atom. The molecule has 0 bridgehead atoms. The first-order valence-corrected chi connectivity index (χ1v) is 9.08. The summed E-state index contributed by atoms with van der Waals surface area (Å²) in [5.41, 5.74) is 0.481. The topological polar surface area (TPSA) is 72.5 Å². The quantitative estimate of drug-likeness (QED) is 0.816. The number of hydrogen-bond acceptors (Lipinski definition) is 4. The van der Waals surface area contributed by atoms with Gasteiger partial charge in [-0.05, 0) is 53.9 Å². The van der Waals surface area contributed by atoms with E-state index in [4.69, 9.17) is 15.4 Å². The number of benzene rings is 1. The molecule has 2 rings (SSSR count). The molecule has 2 unspecified atom stereocenters. The minimum Gasteiger partial charge on any atom is -0.365 e. The first kappa shape index (κ1) is 15.8. The van der Waals surface area contributed by atoms with Gasteiger partial charge < -0.3 is 10.1 Å². The maximum Gasteiger partial charge on any atom is 0.262 e. The molecule has 2 atom stereocenters. The Labute approximate surface area is 130 Å². The lowest BCUT2D eigenvalue weighted by Gasteiger charge is -2.12. The first-order chi connectivity index (χ1) is 9.27. The van der Waals surface area contributed by atoms with E-state index in [1.165, 1.54) is 18.2 Å². The Morgan fingerprint density at radius 1 is 1.45 bits per heavy atom. The normalized spacial score (nSPS) is 22.8. The summed E-state index contributed by atoms with van der Waals surface area (Å²) in [6.07, 6.45) is 1.16. The van der Waals surface area contributed by atoms with Crippen molar-refractivity contribution in [3.8, 4) is 0 Å². The van der Waals surface area contributed by atoms with Crippen LogP contribution in [0.3, 0.4) is 0 Å². The molecule has 1 aliphatic rings. The fourth-order valence-electron chi connectivity index (χ4n) is 1.99. The zero-order valence-electron chi connectivity index (χ0n) is 10.6. The number of hydrogen-bond donors (Lipinski definition) is 1. The number of rotatable bonds is 3. The molecule has 0 radical (unpaired) electrons. The average molecular weight is 383 g/mol. The SMILES string of the molecule is CC1CCC(C(=O)Nc2ccc(S(=O)(=O)Cl)c(Br)c2)O1. The molecule has 8 heteroatoms. The third-order valence-corrected chi connectivity index (χ3v) is 5.29. The lowest BCUT2D eigenvalue weighted by Crippen LogP contribution is -2.27. The number of anilines is 1. The molecule has 5 nitrogen and oxygen atoms in total. The molecule has 0 aromatic heterocycles. The maximum absolute atomic E-state index is 12.0. The summed E-state index contributed by atoms with van der Waals surface area (Å²) in [6.45, 7) is 1.92. The van der Waals surface area contributed by atoms with Crippen molar-refractivity contribution in [1.29, 1.82) is 0 Å². The van der Waals surface area contributed by atoms with Crippen molar-refractivity contribution in [3.63, 3.8) is 0 Å². The van der Waals surface area contributed by atoms with Crippen molar-refractivity contribution < 1.29 is 17.9 Å². The van der Waals surface area contributed by atoms with Crippen molar-refractivity contribution in [2.24, 2.45) is 0 Å². The second-order valence-corrected chi connectivity index (χ2v) is 7.97. The molecule has 110 valence electrons. The van der Waals surface area contributed by atoms with Gasteiger partial charge >= 0.3 is 0 Å². The summed E-state index contributed by atoms with van der Waals surface area (Å²) in [4.78, 5) is 11.9. The van der Waals surface area contributed by atoms with Crippen LogP contribution in [0.1, 0.15) is 19.8 Å². The zero-order valence-corrected chi connectivity index (χ0v) is 13.8. The first-order valence-electron chi connectivity index (χ1n) is 5.98. The molecule has 0 aliphatic carbocycles. The summed E-state index contributed by atoms with van der Waals surface area (Å²) < 4.78 is 28.3. The number of ether oxygens (including phenoxy) is 1. The summed E-state index contributed by atoms with van der Waals surface area (Å²) in [5.74, 6) is -0.234. The van der Waals surface area contributed by atoms with Crippen molar-refractivity contribution in [1.82, 2.24) is 0 Å². The Bertz CT molecular complexity index is 634. The third-order valence-electron chi connectivity index (χ3n) is 2.99. The molecule has 20 heavy (non-hydrogen) atoms. The van der Waals surface area contributed by atoms with E-state index in [1.807, 2.05) is 6.92 Å². The van der Waals surface area contributed by atoms with Gasteiger partial charge in [0.05, 0.1) is 11.0 Å². The van der Waals surface area contributed by atoms with E-state index in [2.05, 4.69) is 21.2 Å². The molecule has 1 saturated heterocycles. The lowest BCUT2D eigenvalue weighted by molar-refractivity contribution is -0.126. The lowest BCUT2D eigenvalue weighted by atomic mass is 10.2. The van der Waals surface area contributed by atoms with Crippen LogP contribution in [-0.2, 0) is 18.6 Å². The van der Waals surface area contributed by atoms with Gasteiger partial charge in [-0.2, -0.15) is 0 Å². The highest BCUT2D eigenvalue weighted by atomic mass is 79.9. The van der Waals surface area contributed by atoms with Crippen LogP contribution < -0.4 is 5.32 Å². The van der Waals surface area contributed by atoms with Gasteiger partial charge in [-0.3, -0.25) is 4.79 Å². The van der Waals surface area contributed by atoms with Crippen LogP contribution in [0.5, 0.6) is 0 Å². The molecule has 1 aromatic carbocycles. The molecule has 1 aromatic rings. The fourth-order valence-corrected chi connectivity index (χ4v) is 4.22. The van der Waals surface area contributed by atoms with Gasteiger partial charge in [0.2, 0.25) is 0 Å². The van der Waals surface area contributed by atoms with Gasteiger partial charge in [-0.25, -0.2) is 8.42 Å². The zero-order chi connectivity index (χ0) is 14.9. The van der Waals surface area contributed by atoms with Crippen molar-refractivity contribution in [2.45, 2.75) is 36.9 Å². The van der Waals surface area contributed by atoms with Crippen molar-refractivity contribution in [3.05, 3.63) is 22.7 Å². The van der Waals surface area contributed by atoms with Gasteiger partial charge in [0.25, 0.3) is 15.0 Å². The van der Waals surface area contributed by atoms with E-state index >= 15 is 0 Å². The van der Waals surface area contributed by atoms with Crippen LogP contribution in [0.4, 0.5) is 5.69 Å². The fraction of sp³-hybridized carbons (Fsp3) is 0.417. The molecule has 0 spiro atoms. The highest BCUT2D eigenvalue weighted by Gasteiger charge is 2.28. The largest absolute Gasteiger partial charge is 0.365 e.